The van der Waals surface area contributed by atoms with Gasteiger partial charge in [-0.15, -0.1) is 0 Å². The van der Waals surface area contributed by atoms with E-state index < -0.39 is 9.84 Å². The number of para-hydroxylation sites is 1. The van der Waals surface area contributed by atoms with Gasteiger partial charge in [0.25, 0.3) is 0 Å². The highest BCUT2D eigenvalue weighted by Crippen LogP contribution is 2.20. The van der Waals surface area contributed by atoms with Crippen molar-refractivity contribution in [2.75, 3.05) is 29.9 Å². The van der Waals surface area contributed by atoms with Crippen LogP contribution in [0, 0.1) is 0 Å². The lowest BCUT2D eigenvalue weighted by Gasteiger charge is -2.35. The van der Waals surface area contributed by atoms with Gasteiger partial charge < -0.3 is 10.2 Å². The van der Waals surface area contributed by atoms with Gasteiger partial charge >= 0.3 is 6.03 Å². The Labute approximate surface area is 157 Å². The molecule has 1 aromatic rings. The average Bonchev–Trinajstić information content (AvgIpc) is 2.91. The molecule has 26 heavy (non-hydrogen) atoms. The minimum absolute atomic E-state index is 0.0541. The molecule has 0 unspecified atom stereocenters. The quantitative estimate of drug-likeness (QED) is 0.788. The van der Waals surface area contributed by atoms with E-state index in [9.17, 15) is 13.2 Å². The summed E-state index contributed by atoms with van der Waals surface area (Å²) in [6.07, 6.45) is 0.508. The molecular formula is C19H31N3O3S. The topological polar surface area (TPSA) is 69.7 Å². The number of carbonyl (C=O) groups excluding carboxylic acids is 1. The van der Waals surface area contributed by atoms with Crippen LogP contribution in [0.15, 0.2) is 30.3 Å². The maximum absolute atomic E-state index is 12.9. The maximum atomic E-state index is 12.9. The molecule has 7 heteroatoms. The first-order valence-corrected chi connectivity index (χ1v) is 11.1. The van der Waals surface area contributed by atoms with E-state index in [-0.39, 0.29) is 23.6 Å². The van der Waals surface area contributed by atoms with E-state index in [1.165, 1.54) is 0 Å². The lowest BCUT2D eigenvalue weighted by Crippen LogP contribution is -2.49. The van der Waals surface area contributed by atoms with Crippen molar-refractivity contribution in [3.63, 3.8) is 0 Å². The lowest BCUT2D eigenvalue weighted by molar-refractivity contribution is 0.138. The number of sulfone groups is 1. The molecule has 0 saturated carbocycles. The molecule has 146 valence electrons. The predicted octanol–water partition coefficient (Wildman–Crippen LogP) is 2.83. The fourth-order valence-corrected chi connectivity index (χ4v) is 5.25. The third-order valence-electron chi connectivity index (χ3n) is 4.86. The number of anilines is 1. The van der Waals surface area contributed by atoms with Crippen LogP contribution >= 0.6 is 0 Å². The zero-order chi connectivity index (χ0) is 19.3. The SMILES string of the molecule is CC(C)N(CCN(C(=O)Nc1ccccc1)[C@H]1CCS(=O)(=O)C1)C(C)C. The highest BCUT2D eigenvalue weighted by molar-refractivity contribution is 7.91. The number of nitrogens with one attached hydrogen (secondary N) is 1. The Morgan fingerprint density at radius 3 is 2.23 bits per heavy atom. The molecule has 1 aliphatic heterocycles. The molecule has 1 heterocycles. The maximum Gasteiger partial charge on any atom is 0.322 e. The Hall–Kier alpha value is -1.60. The monoisotopic (exact) mass is 381 g/mol. The third kappa shape index (κ3) is 5.71. The van der Waals surface area contributed by atoms with Crippen molar-refractivity contribution >= 4 is 21.6 Å². The van der Waals surface area contributed by atoms with Crippen molar-refractivity contribution < 1.29 is 13.2 Å². The molecule has 2 rings (SSSR count). The largest absolute Gasteiger partial charge is 0.322 e. The lowest BCUT2D eigenvalue weighted by atomic mass is 10.2. The first-order valence-electron chi connectivity index (χ1n) is 9.28. The average molecular weight is 382 g/mol. The van der Waals surface area contributed by atoms with Crippen molar-refractivity contribution in [3.8, 4) is 0 Å². The third-order valence-corrected chi connectivity index (χ3v) is 6.61. The summed E-state index contributed by atoms with van der Waals surface area (Å²) >= 11 is 0. The molecule has 0 aliphatic carbocycles. The zero-order valence-electron chi connectivity index (χ0n) is 16.2. The minimum Gasteiger partial charge on any atom is -0.319 e. The van der Waals surface area contributed by atoms with Gasteiger partial charge in [0.2, 0.25) is 0 Å². The summed E-state index contributed by atoms with van der Waals surface area (Å²) in [7, 11) is -3.05. The van der Waals surface area contributed by atoms with Gasteiger partial charge in [-0.05, 0) is 46.2 Å². The fraction of sp³-hybridized carbons (Fsp3) is 0.632. The van der Waals surface area contributed by atoms with Crippen molar-refractivity contribution in [1.82, 2.24) is 9.80 Å². The van der Waals surface area contributed by atoms with Crippen LogP contribution in [0.4, 0.5) is 10.5 Å². The van der Waals surface area contributed by atoms with Crippen molar-refractivity contribution in [3.05, 3.63) is 30.3 Å². The first kappa shape index (κ1) is 20.7. The highest BCUT2D eigenvalue weighted by atomic mass is 32.2. The Morgan fingerprint density at radius 2 is 1.73 bits per heavy atom. The second-order valence-electron chi connectivity index (χ2n) is 7.47. The van der Waals surface area contributed by atoms with Gasteiger partial charge in [-0.3, -0.25) is 4.90 Å². The minimum atomic E-state index is -3.05. The number of hydrogen-bond donors (Lipinski definition) is 1. The van der Waals surface area contributed by atoms with E-state index in [4.69, 9.17) is 0 Å². The molecule has 1 fully saturated rings. The van der Waals surface area contributed by atoms with Crippen molar-refractivity contribution in [2.45, 2.75) is 52.2 Å². The van der Waals surface area contributed by atoms with Crippen LogP contribution in [0.2, 0.25) is 0 Å². The fourth-order valence-electron chi connectivity index (χ4n) is 3.52. The molecule has 1 atom stereocenters. The summed E-state index contributed by atoms with van der Waals surface area (Å²) in [4.78, 5) is 16.9. The Kier molecular flexibility index (Phi) is 7.06. The van der Waals surface area contributed by atoms with E-state index in [1.54, 1.807) is 4.90 Å². The molecule has 0 radical (unpaired) electrons. The molecule has 2 amide bonds. The predicted molar refractivity (Wildman–Crippen MR) is 106 cm³/mol. The first-order chi connectivity index (χ1) is 12.2. The molecule has 1 N–H and O–H groups in total. The standard InChI is InChI=1S/C19H31N3O3S/c1-15(2)21(16(3)4)11-12-22(18-10-13-26(24,25)14-18)19(23)20-17-8-6-5-7-9-17/h5-9,15-16,18H,10-14H2,1-4H3,(H,20,23)/t18-/m0/s1. The van der Waals surface area contributed by atoms with E-state index >= 15 is 0 Å². The van der Waals surface area contributed by atoms with Crippen LogP contribution in [0.1, 0.15) is 34.1 Å². The van der Waals surface area contributed by atoms with Gasteiger partial charge in [0.15, 0.2) is 9.84 Å². The summed E-state index contributed by atoms with van der Waals surface area (Å²) in [5.74, 6) is 0.212. The zero-order valence-corrected chi connectivity index (χ0v) is 17.0. The number of urea groups is 1. The Balaban J connectivity index is 2.12. The number of hydrogen-bond acceptors (Lipinski definition) is 4. The van der Waals surface area contributed by atoms with Gasteiger partial charge in [0.05, 0.1) is 11.5 Å². The second kappa shape index (κ2) is 8.86. The van der Waals surface area contributed by atoms with E-state index in [0.29, 0.717) is 37.3 Å². The molecule has 1 aliphatic rings. The van der Waals surface area contributed by atoms with Crippen molar-refractivity contribution in [2.24, 2.45) is 0 Å². The molecular weight excluding hydrogens is 350 g/mol. The summed E-state index contributed by atoms with van der Waals surface area (Å²) in [6, 6.07) is 9.50. The van der Waals surface area contributed by atoms with Gasteiger partial charge in [0, 0.05) is 36.9 Å². The molecule has 0 spiro atoms. The normalized spacial score (nSPS) is 19.3. The molecule has 1 aromatic carbocycles. The van der Waals surface area contributed by atoms with E-state index in [2.05, 4.69) is 37.9 Å². The van der Waals surface area contributed by atoms with Crippen LogP contribution in [-0.2, 0) is 9.84 Å². The van der Waals surface area contributed by atoms with Crippen LogP contribution in [0.3, 0.4) is 0 Å². The molecule has 1 saturated heterocycles. The van der Waals surface area contributed by atoms with Crippen LogP contribution in [0.5, 0.6) is 0 Å². The summed E-state index contributed by atoms with van der Waals surface area (Å²) < 4.78 is 23.8. The van der Waals surface area contributed by atoms with Gasteiger partial charge in [-0.25, -0.2) is 13.2 Å². The van der Waals surface area contributed by atoms with Crippen LogP contribution in [-0.4, -0.2) is 67.0 Å². The van der Waals surface area contributed by atoms with Crippen molar-refractivity contribution in [1.29, 1.82) is 0 Å². The van der Waals surface area contributed by atoms with E-state index in [0.717, 1.165) is 0 Å². The highest BCUT2D eigenvalue weighted by Gasteiger charge is 2.35. The summed E-state index contributed by atoms with van der Waals surface area (Å²) in [5.41, 5.74) is 0.716. The smallest absolute Gasteiger partial charge is 0.319 e. The summed E-state index contributed by atoms with van der Waals surface area (Å²) in [6.45, 7) is 9.76. The number of nitrogens with zero attached hydrogens (tertiary/aromatic N) is 2. The number of rotatable bonds is 7. The molecule has 0 bridgehead atoms. The number of benzene rings is 1. The molecule has 6 nitrogen and oxygen atoms in total. The summed E-state index contributed by atoms with van der Waals surface area (Å²) in [5, 5.41) is 2.90. The van der Waals surface area contributed by atoms with Crippen LogP contribution in [0.25, 0.3) is 0 Å². The van der Waals surface area contributed by atoms with Gasteiger partial charge in [-0.2, -0.15) is 0 Å². The Morgan fingerprint density at radius 1 is 1.12 bits per heavy atom. The number of amides is 2. The van der Waals surface area contributed by atoms with Gasteiger partial charge in [-0.1, -0.05) is 18.2 Å². The molecule has 0 aromatic heterocycles. The number of carbonyl (C=O) groups is 1. The second-order valence-corrected chi connectivity index (χ2v) is 9.70. The van der Waals surface area contributed by atoms with Crippen LogP contribution < -0.4 is 5.32 Å². The van der Waals surface area contributed by atoms with E-state index in [1.807, 2.05) is 30.3 Å². The van der Waals surface area contributed by atoms with Gasteiger partial charge in [0.1, 0.15) is 0 Å². The Bertz CT molecular complexity index is 681.